The smallest absolute Gasteiger partial charge is 0.344 e. The Morgan fingerprint density at radius 1 is 1.14 bits per heavy atom. The molecule has 0 spiro atoms. The minimum Gasteiger partial charge on any atom is -0.497 e. The van der Waals surface area contributed by atoms with Gasteiger partial charge in [-0.25, -0.2) is 4.79 Å². The average Bonchev–Trinajstić information content (AvgIpc) is 2.54. The fourth-order valence-electron chi connectivity index (χ4n) is 2.65. The van der Waals surface area contributed by atoms with Crippen LogP contribution in [-0.2, 0) is 6.42 Å². The van der Waals surface area contributed by atoms with E-state index in [9.17, 15) is 4.79 Å². The first-order valence-corrected chi connectivity index (χ1v) is 7.83. The Hall–Kier alpha value is -2.07. The van der Waals surface area contributed by atoms with Crippen molar-refractivity contribution in [1.82, 2.24) is 0 Å². The molecular weight excluding hydrogens is 344 g/mol. The van der Waals surface area contributed by atoms with Gasteiger partial charge in [0.05, 0.1) is 12.7 Å². The van der Waals surface area contributed by atoms with Crippen LogP contribution in [-0.4, -0.2) is 7.11 Å². The van der Waals surface area contributed by atoms with Crippen molar-refractivity contribution < 1.29 is 9.15 Å². The average molecular weight is 359 g/mol. The van der Waals surface area contributed by atoms with Gasteiger partial charge in [0, 0.05) is 9.86 Å². The van der Waals surface area contributed by atoms with Crippen molar-refractivity contribution in [1.29, 1.82) is 0 Å². The number of fused-ring (bicyclic) bond motifs is 1. The van der Waals surface area contributed by atoms with E-state index in [0.29, 0.717) is 11.1 Å². The minimum atomic E-state index is -0.308. The lowest BCUT2D eigenvalue weighted by Crippen LogP contribution is -2.07. The van der Waals surface area contributed by atoms with Crippen LogP contribution in [0.3, 0.4) is 0 Å². The molecule has 4 heteroatoms. The molecule has 3 rings (SSSR count). The summed E-state index contributed by atoms with van der Waals surface area (Å²) in [6.07, 6.45) is 0.750. The predicted molar refractivity (Wildman–Crippen MR) is 91.6 cm³/mol. The Kier molecular flexibility index (Phi) is 4.03. The Balaban J connectivity index is 2.31. The van der Waals surface area contributed by atoms with Gasteiger partial charge in [-0.2, -0.15) is 0 Å². The first-order valence-electron chi connectivity index (χ1n) is 7.03. The maximum absolute atomic E-state index is 12.4. The quantitative estimate of drug-likeness (QED) is 0.631. The van der Waals surface area contributed by atoms with Gasteiger partial charge < -0.3 is 9.15 Å². The summed E-state index contributed by atoms with van der Waals surface area (Å²) in [6, 6.07) is 13.1. The lowest BCUT2D eigenvalue weighted by atomic mass is 9.97. The van der Waals surface area contributed by atoms with Crippen LogP contribution in [0.4, 0.5) is 0 Å². The zero-order valence-electron chi connectivity index (χ0n) is 12.4. The molecule has 3 aromatic rings. The van der Waals surface area contributed by atoms with Crippen molar-refractivity contribution in [3.63, 3.8) is 0 Å². The van der Waals surface area contributed by atoms with Crippen molar-refractivity contribution in [2.45, 2.75) is 13.3 Å². The van der Waals surface area contributed by atoms with E-state index in [0.717, 1.165) is 33.2 Å². The van der Waals surface area contributed by atoms with Gasteiger partial charge in [-0.3, -0.25) is 0 Å². The fraction of sp³-hybridized carbons (Fsp3) is 0.167. The number of halogens is 1. The van der Waals surface area contributed by atoms with Crippen LogP contribution < -0.4 is 10.4 Å². The highest BCUT2D eigenvalue weighted by atomic mass is 79.9. The summed E-state index contributed by atoms with van der Waals surface area (Å²) in [5, 5.41) is 0.960. The molecule has 2 aromatic carbocycles. The van der Waals surface area contributed by atoms with Gasteiger partial charge in [0.1, 0.15) is 11.3 Å². The van der Waals surface area contributed by atoms with Gasteiger partial charge in [0.25, 0.3) is 0 Å². The number of hydrogen-bond donors (Lipinski definition) is 0. The number of benzene rings is 2. The van der Waals surface area contributed by atoms with Crippen LogP contribution in [0.25, 0.3) is 22.1 Å². The lowest BCUT2D eigenvalue weighted by Gasteiger charge is -2.11. The molecule has 0 N–H and O–H groups in total. The minimum absolute atomic E-state index is 0.308. The predicted octanol–water partition coefficient (Wildman–Crippen LogP) is 4.79. The normalized spacial score (nSPS) is 10.9. The van der Waals surface area contributed by atoms with E-state index >= 15 is 0 Å². The molecule has 112 valence electrons. The molecule has 0 aliphatic rings. The molecular formula is C18H15BrO3. The van der Waals surface area contributed by atoms with E-state index in [1.807, 2.05) is 49.4 Å². The highest BCUT2D eigenvalue weighted by Crippen LogP contribution is 2.30. The molecule has 0 unspecified atom stereocenters. The summed E-state index contributed by atoms with van der Waals surface area (Å²) in [5.41, 5.74) is 2.76. The van der Waals surface area contributed by atoms with Crippen LogP contribution in [0.2, 0.25) is 0 Å². The van der Waals surface area contributed by atoms with E-state index in [-0.39, 0.29) is 5.63 Å². The molecule has 1 aromatic heterocycles. The molecule has 0 amide bonds. The van der Waals surface area contributed by atoms with E-state index < -0.39 is 0 Å². The summed E-state index contributed by atoms with van der Waals surface area (Å²) in [6.45, 7) is 2.04. The summed E-state index contributed by atoms with van der Waals surface area (Å²) in [4.78, 5) is 12.4. The van der Waals surface area contributed by atoms with E-state index in [4.69, 9.17) is 9.15 Å². The second-order valence-corrected chi connectivity index (χ2v) is 5.88. The molecule has 1 heterocycles. The molecule has 0 aliphatic carbocycles. The Labute approximate surface area is 136 Å². The molecule has 0 radical (unpaired) electrons. The monoisotopic (exact) mass is 358 g/mol. The van der Waals surface area contributed by atoms with Crippen LogP contribution in [0.5, 0.6) is 5.75 Å². The number of aryl methyl sites for hydroxylation is 1. The highest BCUT2D eigenvalue weighted by Gasteiger charge is 2.15. The molecule has 0 fully saturated rings. The van der Waals surface area contributed by atoms with Gasteiger partial charge in [-0.15, -0.1) is 0 Å². The number of rotatable bonds is 3. The van der Waals surface area contributed by atoms with E-state index in [1.54, 1.807) is 7.11 Å². The maximum Gasteiger partial charge on any atom is 0.344 e. The van der Waals surface area contributed by atoms with Crippen molar-refractivity contribution in [3.05, 3.63) is 62.9 Å². The Morgan fingerprint density at radius 2 is 1.86 bits per heavy atom. The third kappa shape index (κ3) is 2.55. The third-order valence-electron chi connectivity index (χ3n) is 3.71. The number of methoxy groups -OCH3 is 1. The second-order valence-electron chi connectivity index (χ2n) is 4.97. The second kappa shape index (κ2) is 5.97. The third-order valence-corrected chi connectivity index (χ3v) is 4.20. The van der Waals surface area contributed by atoms with Crippen LogP contribution in [0.15, 0.2) is 56.1 Å². The van der Waals surface area contributed by atoms with Crippen LogP contribution in [0.1, 0.15) is 12.5 Å². The van der Waals surface area contributed by atoms with Gasteiger partial charge in [-0.1, -0.05) is 35.0 Å². The van der Waals surface area contributed by atoms with Crippen molar-refractivity contribution >= 4 is 26.9 Å². The maximum atomic E-state index is 12.4. The molecule has 0 bridgehead atoms. The molecule has 22 heavy (non-hydrogen) atoms. The molecule has 0 atom stereocenters. The molecule has 0 aliphatic heterocycles. The van der Waals surface area contributed by atoms with Gasteiger partial charge >= 0.3 is 5.63 Å². The standard InChI is InChI=1S/C18H15BrO3/c1-3-14-15-10-12(19)6-9-16(15)22-18(20)17(14)11-4-7-13(21-2)8-5-11/h4-10H,3H2,1-2H3. The summed E-state index contributed by atoms with van der Waals surface area (Å²) < 4.78 is 11.6. The zero-order valence-corrected chi connectivity index (χ0v) is 13.9. The summed E-state index contributed by atoms with van der Waals surface area (Å²) in [7, 11) is 1.62. The number of ether oxygens (including phenoxy) is 1. The Morgan fingerprint density at radius 3 is 2.50 bits per heavy atom. The van der Waals surface area contributed by atoms with Crippen molar-refractivity contribution in [3.8, 4) is 16.9 Å². The van der Waals surface area contributed by atoms with E-state index in [2.05, 4.69) is 15.9 Å². The Bertz CT molecular complexity index is 879. The number of hydrogen-bond acceptors (Lipinski definition) is 3. The molecule has 0 saturated heterocycles. The fourth-order valence-corrected chi connectivity index (χ4v) is 3.01. The van der Waals surface area contributed by atoms with Crippen molar-refractivity contribution in [2.75, 3.05) is 7.11 Å². The van der Waals surface area contributed by atoms with Gasteiger partial charge in [-0.05, 0) is 47.9 Å². The zero-order chi connectivity index (χ0) is 15.7. The largest absolute Gasteiger partial charge is 0.497 e. The van der Waals surface area contributed by atoms with Crippen LogP contribution in [0, 0.1) is 0 Å². The van der Waals surface area contributed by atoms with Gasteiger partial charge in [0.2, 0.25) is 0 Å². The topological polar surface area (TPSA) is 39.4 Å². The molecule has 0 saturated carbocycles. The van der Waals surface area contributed by atoms with Crippen LogP contribution >= 0.6 is 15.9 Å². The first-order chi connectivity index (χ1) is 10.6. The summed E-state index contributed by atoms with van der Waals surface area (Å²) in [5.74, 6) is 0.759. The molecule has 3 nitrogen and oxygen atoms in total. The SMILES string of the molecule is CCc1c(-c2ccc(OC)cc2)c(=O)oc2ccc(Br)cc12. The first kappa shape index (κ1) is 14.9. The van der Waals surface area contributed by atoms with Crippen molar-refractivity contribution in [2.24, 2.45) is 0 Å². The summed E-state index contributed by atoms with van der Waals surface area (Å²) >= 11 is 3.48. The lowest BCUT2D eigenvalue weighted by molar-refractivity contribution is 0.415. The van der Waals surface area contributed by atoms with Gasteiger partial charge in [0.15, 0.2) is 0 Å². The highest BCUT2D eigenvalue weighted by molar-refractivity contribution is 9.10. The van der Waals surface area contributed by atoms with E-state index in [1.165, 1.54) is 0 Å².